The number of amides is 1. The van der Waals surface area contributed by atoms with Crippen molar-refractivity contribution in [3.8, 4) is 0 Å². The van der Waals surface area contributed by atoms with Gasteiger partial charge in [0.2, 0.25) is 5.91 Å². The lowest BCUT2D eigenvalue weighted by Gasteiger charge is -2.44. The Bertz CT molecular complexity index is 404. The molecule has 0 saturated carbocycles. The average molecular weight is 346 g/mol. The fraction of sp³-hybridized carbons (Fsp3) is 0.875. The van der Waals surface area contributed by atoms with Crippen molar-refractivity contribution in [2.75, 3.05) is 33.0 Å². The van der Waals surface area contributed by atoms with Gasteiger partial charge in [0.05, 0.1) is 32.0 Å². The number of hydrogen-bond donors (Lipinski definition) is 2. The van der Waals surface area contributed by atoms with Gasteiger partial charge in [0.15, 0.2) is 6.29 Å². The van der Waals surface area contributed by atoms with Gasteiger partial charge in [-0.1, -0.05) is 13.8 Å². The van der Waals surface area contributed by atoms with E-state index in [-0.39, 0.29) is 42.5 Å². The van der Waals surface area contributed by atoms with Gasteiger partial charge in [-0.25, -0.2) is 0 Å². The molecule has 140 valence electrons. The van der Waals surface area contributed by atoms with Crippen molar-refractivity contribution in [3.05, 3.63) is 0 Å². The number of hydrogen-bond acceptors (Lipinski definition) is 7. The van der Waals surface area contributed by atoms with E-state index in [1.54, 1.807) is 0 Å². The highest BCUT2D eigenvalue weighted by atomic mass is 16.7. The van der Waals surface area contributed by atoms with Gasteiger partial charge < -0.3 is 30.0 Å². The van der Waals surface area contributed by atoms with E-state index in [9.17, 15) is 9.59 Å². The second kappa shape index (κ2) is 10.6. The van der Waals surface area contributed by atoms with Crippen molar-refractivity contribution in [2.24, 2.45) is 17.6 Å². The zero-order chi connectivity index (χ0) is 18.1. The Morgan fingerprint density at radius 3 is 2.42 bits per heavy atom. The highest BCUT2D eigenvalue weighted by Crippen LogP contribution is 2.31. The summed E-state index contributed by atoms with van der Waals surface area (Å²) in [5.41, 5.74) is 5.36. The fourth-order valence-corrected chi connectivity index (χ4v) is 2.67. The number of esters is 1. The van der Waals surface area contributed by atoms with Crippen LogP contribution >= 0.6 is 0 Å². The Kier molecular flexibility index (Phi) is 9.20. The van der Waals surface area contributed by atoms with Crippen molar-refractivity contribution in [2.45, 2.75) is 46.1 Å². The Morgan fingerprint density at radius 1 is 1.12 bits per heavy atom. The maximum Gasteiger partial charge on any atom is 0.302 e. The van der Waals surface area contributed by atoms with E-state index in [0.29, 0.717) is 26.4 Å². The third-order valence-electron chi connectivity index (χ3n) is 4.18. The number of ether oxygens (including phenoxy) is 4. The van der Waals surface area contributed by atoms with Gasteiger partial charge in [-0.05, 0) is 11.8 Å². The van der Waals surface area contributed by atoms with Gasteiger partial charge in [0.1, 0.15) is 6.61 Å². The Labute approximate surface area is 143 Å². The number of carbonyl (C=O) groups is 2. The number of nitrogens with two attached hydrogens (primary N) is 1. The van der Waals surface area contributed by atoms with Crippen LogP contribution in [0.2, 0.25) is 0 Å². The zero-order valence-electron chi connectivity index (χ0n) is 14.9. The Balaban J connectivity index is 2.67. The van der Waals surface area contributed by atoms with Gasteiger partial charge >= 0.3 is 5.97 Å². The zero-order valence-corrected chi connectivity index (χ0v) is 14.9. The lowest BCUT2D eigenvalue weighted by Crippen LogP contribution is -2.58. The predicted molar refractivity (Wildman–Crippen MR) is 87.1 cm³/mol. The minimum Gasteiger partial charge on any atom is -0.463 e. The van der Waals surface area contributed by atoms with Gasteiger partial charge in [-0.15, -0.1) is 0 Å². The van der Waals surface area contributed by atoms with Crippen LogP contribution in [0.1, 0.15) is 27.7 Å². The largest absolute Gasteiger partial charge is 0.463 e. The molecular weight excluding hydrogens is 316 g/mol. The first kappa shape index (κ1) is 20.8. The van der Waals surface area contributed by atoms with Crippen LogP contribution in [-0.2, 0) is 28.5 Å². The van der Waals surface area contributed by atoms with Crippen LogP contribution in [0.3, 0.4) is 0 Å². The molecule has 0 radical (unpaired) electrons. The summed E-state index contributed by atoms with van der Waals surface area (Å²) in [5.74, 6) is -0.308. The van der Waals surface area contributed by atoms with E-state index < -0.39 is 6.29 Å². The Hall–Kier alpha value is -1.22. The van der Waals surface area contributed by atoms with Crippen LogP contribution in [-0.4, -0.2) is 63.3 Å². The molecule has 1 rings (SSSR count). The SMILES string of the molecule is CC(=O)NC1C(OCCOCCN)OC(COC(C)=O)C(C)C1C. The fourth-order valence-electron chi connectivity index (χ4n) is 2.67. The topological polar surface area (TPSA) is 109 Å². The minimum atomic E-state index is -0.623. The molecule has 1 amide bonds. The van der Waals surface area contributed by atoms with Crippen molar-refractivity contribution in [1.29, 1.82) is 0 Å². The Morgan fingerprint density at radius 2 is 1.83 bits per heavy atom. The van der Waals surface area contributed by atoms with Crippen LogP contribution in [0.4, 0.5) is 0 Å². The molecule has 5 atom stereocenters. The smallest absolute Gasteiger partial charge is 0.302 e. The molecule has 8 heteroatoms. The van der Waals surface area contributed by atoms with Crippen molar-refractivity contribution < 1.29 is 28.5 Å². The molecule has 24 heavy (non-hydrogen) atoms. The molecule has 1 fully saturated rings. The molecular formula is C16H30N2O6. The van der Waals surface area contributed by atoms with Crippen LogP contribution in [0.25, 0.3) is 0 Å². The molecule has 0 aromatic rings. The van der Waals surface area contributed by atoms with Crippen LogP contribution in [0, 0.1) is 11.8 Å². The van der Waals surface area contributed by atoms with E-state index in [1.165, 1.54) is 13.8 Å². The summed E-state index contributed by atoms with van der Waals surface area (Å²) in [7, 11) is 0. The summed E-state index contributed by atoms with van der Waals surface area (Å²) in [5, 5.41) is 2.89. The van der Waals surface area contributed by atoms with Crippen molar-refractivity contribution >= 4 is 11.9 Å². The second-order valence-electron chi connectivity index (χ2n) is 6.06. The van der Waals surface area contributed by atoms with E-state index in [1.807, 2.05) is 13.8 Å². The molecule has 1 aliphatic heterocycles. The molecule has 1 aliphatic rings. The lowest BCUT2D eigenvalue weighted by atomic mass is 9.82. The number of nitrogens with one attached hydrogen (secondary N) is 1. The lowest BCUT2D eigenvalue weighted by molar-refractivity contribution is -0.246. The summed E-state index contributed by atoms with van der Waals surface area (Å²) < 4.78 is 22.1. The van der Waals surface area contributed by atoms with E-state index in [0.717, 1.165) is 0 Å². The third-order valence-corrected chi connectivity index (χ3v) is 4.18. The summed E-state index contributed by atoms with van der Waals surface area (Å²) in [6.45, 7) is 8.65. The molecule has 1 saturated heterocycles. The number of rotatable bonds is 9. The van der Waals surface area contributed by atoms with Gasteiger partial charge in [0, 0.05) is 20.4 Å². The molecule has 0 bridgehead atoms. The van der Waals surface area contributed by atoms with E-state index >= 15 is 0 Å². The molecule has 1 heterocycles. The molecule has 3 N–H and O–H groups in total. The summed E-state index contributed by atoms with van der Waals surface area (Å²) in [6.07, 6.45) is -0.911. The quantitative estimate of drug-likeness (QED) is 0.448. The summed E-state index contributed by atoms with van der Waals surface area (Å²) in [4.78, 5) is 22.5. The molecule has 5 unspecified atom stereocenters. The van der Waals surface area contributed by atoms with Gasteiger partial charge in [-0.3, -0.25) is 9.59 Å². The minimum absolute atomic E-state index is 0.0922. The standard InChI is InChI=1S/C16H30N2O6/c1-10-11(2)15(18-12(3)19)16(22-8-7-21-6-5-17)24-14(10)9-23-13(4)20/h10-11,14-16H,5-9,17H2,1-4H3,(H,18,19). The third kappa shape index (κ3) is 6.72. The van der Waals surface area contributed by atoms with Gasteiger partial charge in [-0.2, -0.15) is 0 Å². The highest BCUT2D eigenvalue weighted by Gasteiger charge is 2.42. The second-order valence-corrected chi connectivity index (χ2v) is 6.06. The van der Waals surface area contributed by atoms with E-state index in [2.05, 4.69) is 5.32 Å². The van der Waals surface area contributed by atoms with Gasteiger partial charge in [0.25, 0.3) is 0 Å². The van der Waals surface area contributed by atoms with Crippen molar-refractivity contribution in [1.82, 2.24) is 5.32 Å². The van der Waals surface area contributed by atoms with Crippen LogP contribution in [0.5, 0.6) is 0 Å². The van der Waals surface area contributed by atoms with Crippen LogP contribution in [0.15, 0.2) is 0 Å². The van der Waals surface area contributed by atoms with Crippen LogP contribution < -0.4 is 11.1 Å². The predicted octanol–water partition coefficient (Wildman–Crippen LogP) is 0.0432. The molecule has 0 aliphatic carbocycles. The molecule has 0 aromatic carbocycles. The maximum atomic E-state index is 11.5. The molecule has 8 nitrogen and oxygen atoms in total. The summed E-state index contributed by atoms with van der Waals surface area (Å²) >= 11 is 0. The number of carbonyl (C=O) groups excluding carboxylic acids is 2. The highest BCUT2D eigenvalue weighted by molar-refractivity contribution is 5.73. The average Bonchev–Trinajstić information content (AvgIpc) is 2.51. The normalized spacial score (nSPS) is 30.0. The van der Waals surface area contributed by atoms with E-state index in [4.69, 9.17) is 24.7 Å². The first-order valence-electron chi connectivity index (χ1n) is 8.32. The molecule has 0 spiro atoms. The molecule has 0 aromatic heterocycles. The van der Waals surface area contributed by atoms with Crippen molar-refractivity contribution in [3.63, 3.8) is 0 Å². The maximum absolute atomic E-state index is 11.5. The first-order chi connectivity index (χ1) is 11.4. The monoisotopic (exact) mass is 346 g/mol. The first-order valence-corrected chi connectivity index (χ1v) is 8.32. The summed E-state index contributed by atoms with van der Waals surface area (Å²) in [6, 6.07) is -0.277.